The van der Waals surface area contributed by atoms with E-state index in [4.69, 9.17) is 0 Å². The van der Waals surface area contributed by atoms with Crippen molar-refractivity contribution in [2.24, 2.45) is 0 Å². The van der Waals surface area contributed by atoms with Crippen LogP contribution in [0.25, 0.3) is 0 Å². The summed E-state index contributed by atoms with van der Waals surface area (Å²) >= 11 is 0. The molecule has 0 saturated carbocycles. The molecule has 1 N–H and O–H groups in total. The summed E-state index contributed by atoms with van der Waals surface area (Å²) in [7, 11) is 0. The lowest BCUT2D eigenvalue weighted by Gasteiger charge is -2.26. The zero-order valence-electron chi connectivity index (χ0n) is 13.0. The van der Waals surface area contributed by atoms with Crippen molar-refractivity contribution >= 4 is 11.7 Å². The van der Waals surface area contributed by atoms with Crippen LogP contribution in [0.1, 0.15) is 38.1 Å². The Morgan fingerprint density at radius 2 is 1.76 bits per heavy atom. The molecule has 0 fully saturated rings. The van der Waals surface area contributed by atoms with E-state index in [0.717, 1.165) is 0 Å². The van der Waals surface area contributed by atoms with E-state index in [-0.39, 0.29) is 30.1 Å². The molecule has 1 unspecified atom stereocenters. The van der Waals surface area contributed by atoms with Gasteiger partial charge in [-0.2, -0.15) is 0 Å². The van der Waals surface area contributed by atoms with Gasteiger partial charge >= 0.3 is 0 Å². The van der Waals surface area contributed by atoms with E-state index in [2.05, 4.69) is 5.32 Å². The molecule has 0 bridgehead atoms. The van der Waals surface area contributed by atoms with Crippen molar-refractivity contribution in [2.45, 2.75) is 39.8 Å². The molecule has 0 heterocycles. The van der Waals surface area contributed by atoms with E-state index >= 15 is 0 Å². The first kappa shape index (κ1) is 17.3. The number of carbonyl (C=O) groups is 2. The summed E-state index contributed by atoms with van der Waals surface area (Å²) in [5.74, 6) is -0.595. The largest absolute Gasteiger partial charge is 0.353 e. The van der Waals surface area contributed by atoms with Crippen LogP contribution in [0, 0.1) is 5.82 Å². The van der Waals surface area contributed by atoms with E-state index in [0.29, 0.717) is 12.1 Å². The first-order valence-corrected chi connectivity index (χ1v) is 7.18. The average molecular weight is 294 g/mol. The summed E-state index contributed by atoms with van der Waals surface area (Å²) < 4.78 is 12.9. The number of hydrogen-bond donors (Lipinski definition) is 1. The molecule has 1 aromatic carbocycles. The molecule has 5 heteroatoms. The van der Waals surface area contributed by atoms with Crippen LogP contribution >= 0.6 is 0 Å². The number of hydrogen-bond acceptors (Lipinski definition) is 3. The first-order chi connectivity index (χ1) is 9.85. The van der Waals surface area contributed by atoms with Crippen LogP contribution in [0.5, 0.6) is 0 Å². The Labute approximate surface area is 125 Å². The number of rotatable bonds is 7. The topological polar surface area (TPSA) is 49.4 Å². The second-order valence-corrected chi connectivity index (χ2v) is 5.33. The molecule has 0 aliphatic rings. The van der Waals surface area contributed by atoms with Crippen LogP contribution < -0.4 is 5.32 Å². The quantitative estimate of drug-likeness (QED) is 0.785. The first-order valence-electron chi connectivity index (χ1n) is 7.18. The highest BCUT2D eigenvalue weighted by Crippen LogP contribution is 2.10. The van der Waals surface area contributed by atoms with Crippen LogP contribution in [-0.4, -0.2) is 41.8 Å². The van der Waals surface area contributed by atoms with Crippen LogP contribution in [-0.2, 0) is 4.79 Å². The average Bonchev–Trinajstić information content (AvgIpc) is 2.43. The van der Waals surface area contributed by atoms with Crippen molar-refractivity contribution in [1.29, 1.82) is 0 Å². The predicted octanol–water partition coefficient (Wildman–Crippen LogP) is 2.24. The van der Waals surface area contributed by atoms with Gasteiger partial charge in [0.1, 0.15) is 5.82 Å². The molecule has 4 nitrogen and oxygen atoms in total. The number of halogens is 1. The number of amides is 1. The second kappa shape index (κ2) is 7.88. The van der Waals surface area contributed by atoms with Gasteiger partial charge in [-0.25, -0.2) is 4.39 Å². The minimum atomic E-state index is -0.432. The van der Waals surface area contributed by atoms with Gasteiger partial charge in [-0.3, -0.25) is 14.5 Å². The van der Waals surface area contributed by atoms with Gasteiger partial charge in [0.25, 0.3) is 0 Å². The number of nitrogens with zero attached hydrogens (tertiary/aromatic N) is 1. The Kier molecular flexibility index (Phi) is 6.49. The third-order valence-corrected chi connectivity index (χ3v) is 3.26. The molecule has 0 saturated heterocycles. The number of carbonyl (C=O) groups excluding carboxylic acids is 2. The fraction of sp³-hybridized carbons (Fsp3) is 0.500. The lowest BCUT2D eigenvalue weighted by Crippen LogP contribution is -2.46. The monoisotopic (exact) mass is 294 g/mol. The smallest absolute Gasteiger partial charge is 0.234 e. The third-order valence-electron chi connectivity index (χ3n) is 3.26. The highest BCUT2D eigenvalue weighted by atomic mass is 19.1. The molecular formula is C16H23FN2O2. The summed E-state index contributed by atoms with van der Waals surface area (Å²) in [5, 5.41) is 2.81. The summed E-state index contributed by atoms with van der Waals surface area (Å²) in [6, 6.07) is 5.10. The lowest BCUT2D eigenvalue weighted by molar-refractivity contribution is -0.122. The minimum Gasteiger partial charge on any atom is -0.353 e. The van der Waals surface area contributed by atoms with Gasteiger partial charge < -0.3 is 5.32 Å². The van der Waals surface area contributed by atoms with Gasteiger partial charge in [0.15, 0.2) is 5.78 Å². The van der Waals surface area contributed by atoms with Gasteiger partial charge in [-0.1, -0.05) is 6.92 Å². The maximum atomic E-state index is 12.9. The number of ketones is 1. The Morgan fingerprint density at radius 1 is 1.19 bits per heavy atom. The van der Waals surface area contributed by atoms with Crippen LogP contribution in [0.3, 0.4) is 0 Å². The Morgan fingerprint density at radius 3 is 2.24 bits per heavy atom. The van der Waals surface area contributed by atoms with Gasteiger partial charge in [-0.15, -0.1) is 0 Å². The molecule has 116 valence electrons. The maximum Gasteiger partial charge on any atom is 0.234 e. The molecular weight excluding hydrogens is 271 g/mol. The summed E-state index contributed by atoms with van der Waals surface area (Å²) in [6.45, 7) is 8.19. The standard InChI is InChI=1S/C16H23FN2O2/c1-5-19(10-15(20)18-11(2)3)12(4)16(21)13-6-8-14(17)9-7-13/h6-9,11-12H,5,10H2,1-4H3,(H,18,20). The van der Waals surface area contributed by atoms with E-state index < -0.39 is 6.04 Å². The van der Waals surface area contributed by atoms with Gasteiger partial charge in [0.2, 0.25) is 5.91 Å². The van der Waals surface area contributed by atoms with Crippen LogP contribution in [0.15, 0.2) is 24.3 Å². The van der Waals surface area contributed by atoms with E-state index in [9.17, 15) is 14.0 Å². The van der Waals surface area contributed by atoms with Crippen molar-refractivity contribution in [3.63, 3.8) is 0 Å². The fourth-order valence-electron chi connectivity index (χ4n) is 2.10. The normalized spacial score (nSPS) is 12.5. The maximum absolute atomic E-state index is 12.9. The molecule has 1 rings (SSSR count). The number of benzene rings is 1. The third kappa shape index (κ3) is 5.27. The molecule has 0 aromatic heterocycles. The Bertz CT molecular complexity index is 486. The number of Topliss-reactive ketones (excluding diaryl/α,β-unsaturated/α-hetero) is 1. The van der Waals surface area contributed by atoms with Crippen molar-refractivity contribution in [2.75, 3.05) is 13.1 Å². The molecule has 1 atom stereocenters. The number of likely N-dealkylation sites (N-methyl/N-ethyl adjacent to an activating group) is 1. The second-order valence-electron chi connectivity index (χ2n) is 5.33. The Balaban J connectivity index is 2.73. The van der Waals surface area contributed by atoms with E-state index in [1.54, 1.807) is 11.8 Å². The van der Waals surface area contributed by atoms with Gasteiger partial charge in [-0.05, 0) is 51.6 Å². The molecule has 0 spiro atoms. The fourth-order valence-corrected chi connectivity index (χ4v) is 2.10. The molecule has 0 aliphatic carbocycles. The van der Waals surface area contributed by atoms with Crippen LogP contribution in [0.2, 0.25) is 0 Å². The number of nitrogens with one attached hydrogen (secondary N) is 1. The summed E-state index contributed by atoms with van der Waals surface area (Å²) in [4.78, 5) is 26.0. The molecule has 1 aromatic rings. The van der Waals surface area contributed by atoms with Crippen LogP contribution in [0.4, 0.5) is 4.39 Å². The van der Waals surface area contributed by atoms with Gasteiger partial charge in [0.05, 0.1) is 12.6 Å². The zero-order chi connectivity index (χ0) is 16.0. The SMILES string of the molecule is CCN(CC(=O)NC(C)C)C(C)C(=O)c1ccc(F)cc1. The zero-order valence-corrected chi connectivity index (χ0v) is 13.0. The highest BCUT2D eigenvalue weighted by Gasteiger charge is 2.23. The molecule has 1 amide bonds. The summed E-state index contributed by atoms with van der Waals surface area (Å²) in [6.07, 6.45) is 0. The van der Waals surface area contributed by atoms with Crippen molar-refractivity contribution in [3.8, 4) is 0 Å². The minimum absolute atomic E-state index is 0.0688. The van der Waals surface area contributed by atoms with Crippen molar-refractivity contribution in [1.82, 2.24) is 10.2 Å². The Hall–Kier alpha value is -1.75. The molecule has 21 heavy (non-hydrogen) atoms. The van der Waals surface area contributed by atoms with Crippen molar-refractivity contribution < 1.29 is 14.0 Å². The predicted molar refractivity (Wildman–Crippen MR) is 80.7 cm³/mol. The van der Waals surface area contributed by atoms with E-state index in [1.165, 1.54) is 24.3 Å². The van der Waals surface area contributed by atoms with Crippen molar-refractivity contribution in [3.05, 3.63) is 35.6 Å². The lowest BCUT2D eigenvalue weighted by atomic mass is 10.0. The summed E-state index contributed by atoms with van der Waals surface area (Å²) in [5.41, 5.74) is 0.451. The molecule has 0 aliphatic heterocycles. The van der Waals surface area contributed by atoms with Gasteiger partial charge in [0, 0.05) is 11.6 Å². The van der Waals surface area contributed by atoms with E-state index in [1.807, 2.05) is 20.8 Å². The highest BCUT2D eigenvalue weighted by molar-refractivity contribution is 6.00. The molecule has 0 radical (unpaired) electrons.